The molecule has 2 amide bonds. The molecular weight excluding hydrogens is 338 g/mol. The molecule has 0 unspecified atom stereocenters. The third-order valence-corrected chi connectivity index (χ3v) is 4.32. The van der Waals surface area contributed by atoms with Gasteiger partial charge in [-0.2, -0.15) is 0 Å². The summed E-state index contributed by atoms with van der Waals surface area (Å²) >= 11 is 0. The zero-order chi connectivity index (χ0) is 18.5. The molecule has 8 nitrogen and oxygen atoms in total. The van der Waals surface area contributed by atoms with E-state index in [1.54, 1.807) is 24.3 Å². The van der Waals surface area contributed by atoms with Crippen LogP contribution in [0.25, 0.3) is 0 Å². The number of anilines is 1. The molecule has 136 valence electrons. The second-order valence-corrected chi connectivity index (χ2v) is 6.24. The molecule has 0 bridgehead atoms. The molecule has 2 aromatic rings. The third kappa shape index (κ3) is 4.27. The standard InChI is InChI=1S/C18H19N3O5/c22-17(19-13-6-2-1-3-7-13)12-5-4-8-14(11-12)20-18(23)15-9-10-16(26-15)21(24)25/h4-5,8-11,13H,1-3,6-7H2,(H,19,22)(H,20,23). The van der Waals surface area contributed by atoms with Crippen LogP contribution in [0.2, 0.25) is 0 Å². The predicted octanol–water partition coefficient (Wildman–Crippen LogP) is 3.50. The Balaban J connectivity index is 1.65. The zero-order valence-corrected chi connectivity index (χ0v) is 14.1. The average molecular weight is 357 g/mol. The van der Waals surface area contributed by atoms with Gasteiger partial charge in [-0.05, 0) is 37.1 Å². The Morgan fingerprint density at radius 2 is 1.85 bits per heavy atom. The first kappa shape index (κ1) is 17.7. The average Bonchev–Trinajstić information content (AvgIpc) is 3.13. The summed E-state index contributed by atoms with van der Waals surface area (Å²) in [5.41, 5.74) is 0.851. The fourth-order valence-corrected chi connectivity index (χ4v) is 2.99. The number of hydrogen-bond donors (Lipinski definition) is 2. The lowest BCUT2D eigenvalue weighted by atomic mass is 9.95. The molecule has 1 saturated carbocycles. The van der Waals surface area contributed by atoms with Crippen LogP contribution in [-0.2, 0) is 0 Å². The number of nitrogens with zero attached hydrogens (tertiary/aromatic N) is 1. The number of hydrogen-bond acceptors (Lipinski definition) is 5. The van der Waals surface area contributed by atoms with Crippen LogP contribution < -0.4 is 10.6 Å². The maximum absolute atomic E-state index is 12.4. The number of nitrogens with one attached hydrogen (secondary N) is 2. The van der Waals surface area contributed by atoms with E-state index in [-0.39, 0.29) is 17.7 Å². The smallest absolute Gasteiger partial charge is 0.395 e. The van der Waals surface area contributed by atoms with E-state index in [1.165, 1.54) is 12.5 Å². The number of benzene rings is 1. The summed E-state index contributed by atoms with van der Waals surface area (Å²) in [7, 11) is 0. The van der Waals surface area contributed by atoms with Crippen LogP contribution in [-0.4, -0.2) is 22.8 Å². The van der Waals surface area contributed by atoms with Gasteiger partial charge in [0.15, 0.2) is 5.76 Å². The summed E-state index contributed by atoms with van der Waals surface area (Å²) in [6, 6.07) is 9.07. The Bertz CT molecular complexity index is 824. The van der Waals surface area contributed by atoms with E-state index >= 15 is 0 Å². The molecular formula is C18H19N3O5. The van der Waals surface area contributed by atoms with Crippen molar-refractivity contribution in [1.29, 1.82) is 0 Å². The normalized spacial score (nSPS) is 14.6. The van der Waals surface area contributed by atoms with E-state index < -0.39 is 16.7 Å². The number of nitro groups is 1. The van der Waals surface area contributed by atoms with Crippen molar-refractivity contribution in [2.75, 3.05) is 5.32 Å². The van der Waals surface area contributed by atoms with Gasteiger partial charge < -0.3 is 15.1 Å². The van der Waals surface area contributed by atoms with Crippen molar-refractivity contribution in [1.82, 2.24) is 5.32 Å². The highest BCUT2D eigenvalue weighted by Crippen LogP contribution is 2.20. The summed E-state index contributed by atoms with van der Waals surface area (Å²) in [5, 5.41) is 16.2. The molecule has 8 heteroatoms. The molecule has 1 fully saturated rings. The van der Waals surface area contributed by atoms with Crippen molar-refractivity contribution in [2.24, 2.45) is 0 Å². The Kier molecular flexibility index (Phi) is 5.31. The van der Waals surface area contributed by atoms with Gasteiger partial charge in [0, 0.05) is 17.3 Å². The van der Waals surface area contributed by atoms with E-state index in [9.17, 15) is 19.7 Å². The molecule has 1 aliphatic carbocycles. The fraction of sp³-hybridized carbons (Fsp3) is 0.333. The minimum atomic E-state index is -0.715. The fourth-order valence-electron chi connectivity index (χ4n) is 2.99. The molecule has 3 rings (SSSR count). The highest BCUT2D eigenvalue weighted by molar-refractivity contribution is 6.03. The predicted molar refractivity (Wildman–Crippen MR) is 94.1 cm³/mol. The van der Waals surface area contributed by atoms with Crippen molar-refractivity contribution in [3.8, 4) is 0 Å². The summed E-state index contributed by atoms with van der Waals surface area (Å²) in [6.07, 6.45) is 5.42. The van der Waals surface area contributed by atoms with Gasteiger partial charge in [0.25, 0.3) is 11.8 Å². The highest BCUT2D eigenvalue weighted by Gasteiger charge is 2.19. The lowest BCUT2D eigenvalue weighted by Gasteiger charge is -2.22. The maximum atomic E-state index is 12.4. The molecule has 0 spiro atoms. The van der Waals surface area contributed by atoms with Crippen molar-refractivity contribution < 1.29 is 18.9 Å². The van der Waals surface area contributed by atoms with Gasteiger partial charge in [0.1, 0.15) is 4.92 Å². The van der Waals surface area contributed by atoms with Gasteiger partial charge in [-0.15, -0.1) is 0 Å². The van der Waals surface area contributed by atoms with E-state index in [0.717, 1.165) is 31.7 Å². The lowest BCUT2D eigenvalue weighted by Crippen LogP contribution is -2.36. The van der Waals surface area contributed by atoms with Gasteiger partial charge >= 0.3 is 5.88 Å². The van der Waals surface area contributed by atoms with E-state index in [0.29, 0.717) is 11.3 Å². The third-order valence-electron chi connectivity index (χ3n) is 4.32. The largest absolute Gasteiger partial charge is 0.433 e. The molecule has 0 atom stereocenters. The Labute approximate surface area is 149 Å². The van der Waals surface area contributed by atoms with Gasteiger partial charge in [0.2, 0.25) is 0 Å². The molecule has 1 aromatic heterocycles. The van der Waals surface area contributed by atoms with Gasteiger partial charge in [-0.25, -0.2) is 0 Å². The lowest BCUT2D eigenvalue weighted by molar-refractivity contribution is -0.402. The van der Waals surface area contributed by atoms with Crippen LogP contribution in [0, 0.1) is 10.1 Å². The molecule has 0 aliphatic heterocycles. The van der Waals surface area contributed by atoms with Crippen molar-refractivity contribution in [3.63, 3.8) is 0 Å². The van der Waals surface area contributed by atoms with E-state index in [2.05, 4.69) is 10.6 Å². The first-order valence-electron chi connectivity index (χ1n) is 8.49. The summed E-state index contributed by atoms with van der Waals surface area (Å²) in [5.74, 6) is -1.48. The second-order valence-electron chi connectivity index (χ2n) is 6.24. The molecule has 2 N–H and O–H groups in total. The van der Waals surface area contributed by atoms with Crippen LogP contribution in [0.4, 0.5) is 11.6 Å². The molecule has 26 heavy (non-hydrogen) atoms. The van der Waals surface area contributed by atoms with Crippen molar-refractivity contribution in [3.05, 3.63) is 57.8 Å². The van der Waals surface area contributed by atoms with Crippen LogP contribution in [0.15, 0.2) is 40.8 Å². The Morgan fingerprint density at radius 1 is 1.08 bits per heavy atom. The topological polar surface area (TPSA) is 114 Å². The molecule has 1 aliphatic rings. The number of carbonyl (C=O) groups is 2. The number of carbonyl (C=O) groups excluding carboxylic acids is 2. The zero-order valence-electron chi connectivity index (χ0n) is 14.1. The molecule has 1 aromatic carbocycles. The van der Waals surface area contributed by atoms with Crippen molar-refractivity contribution >= 4 is 23.4 Å². The molecule has 1 heterocycles. The van der Waals surface area contributed by atoms with Gasteiger partial charge in [0.05, 0.1) is 6.07 Å². The summed E-state index contributed by atoms with van der Waals surface area (Å²) in [6.45, 7) is 0. The SMILES string of the molecule is O=C(NC1CCCCC1)c1cccc(NC(=O)c2ccc([N+](=O)[O-])o2)c1. The number of furan rings is 1. The minimum absolute atomic E-state index is 0.172. The van der Waals surface area contributed by atoms with Crippen LogP contribution in [0.5, 0.6) is 0 Å². The Morgan fingerprint density at radius 3 is 2.54 bits per heavy atom. The van der Waals surface area contributed by atoms with E-state index in [4.69, 9.17) is 4.42 Å². The molecule has 0 saturated heterocycles. The maximum Gasteiger partial charge on any atom is 0.433 e. The Hall–Kier alpha value is -3.16. The first-order valence-corrected chi connectivity index (χ1v) is 8.49. The van der Waals surface area contributed by atoms with Crippen LogP contribution in [0.1, 0.15) is 53.0 Å². The monoisotopic (exact) mass is 357 g/mol. The van der Waals surface area contributed by atoms with E-state index in [1.807, 2.05) is 0 Å². The van der Waals surface area contributed by atoms with Crippen molar-refractivity contribution in [2.45, 2.75) is 38.1 Å². The van der Waals surface area contributed by atoms with Gasteiger partial charge in [-0.1, -0.05) is 25.3 Å². The van der Waals surface area contributed by atoms with Gasteiger partial charge in [-0.3, -0.25) is 19.7 Å². The first-order chi connectivity index (χ1) is 12.5. The summed E-state index contributed by atoms with van der Waals surface area (Å²) < 4.78 is 4.87. The minimum Gasteiger partial charge on any atom is -0.395 e. The van der Waals surface area contributed by atoms with Crippen LogP contribution in [0.3, 0.4) is 0 Å². The second kappa shape index (κ2) is 7.81. The number of amides is 2. The van der Waals surface area contributed by atoms with Crippen LogP contribution >= 0.6 is 0 Å². The highest BCUT2D eigenvalue weighted by atomic mass is 16.6. The summed E-state index contributed by atoms with van der Waals surface area (Å²) in [4.78, 5) is 34.4. The molecule has 0 radical (unpaired) electrons. The quantitative estimate of drug-likeness (QED) is 0.628. The number of rotatable bonds is 5.